The van der Waals surface area contributed by atoms with Crippen molar-refractivity contribution in [1.29, 1.82) is 0 Å². The van der Waals surface area contributed by atoms with Gasteiger partial charge in [0, 0.05) is 6.54 Å². The summed E-state index contributed by atoms with van der Waals surface area (Å²) >= 11 is 13.7. The molecule has 0 saturated carbocycles. The Labute approximate surface area is 99.2 Å². The van der Waals surface area contributed by atoms with Crippen molar-refractivity contribution >= 4 is 40.7 Å². The molecule has 1 aromatic rings. The first-order valence-corrected chi connectivity index (χ1v) is 6.57. The minimum atomic E-state index is 0.599. The van der Waals surface area contributed by atoms with Crippen LogP contribution < -0.4 is 5.32 Å². The van der Waals surface area contributed by atoms with Crippen molar-refractivity contribution in [2.75, 3.05) is 23.9 Å². The molecule has 1 nitrogen and oxygen atoms in total. The molecule has 0 saturated heterocycles. The van der Waals surface area contributed by atoms with Gasteiger partial charge >= 0.3 is 0 Å². The van der Waals surface area contributed by atoms with Crippen LogP contribution in [0.15, 0.2) is 18.2 Å². The van der Waals surface area contributed by atoms with Gasteiger partial charge < -0.3 is 5.32 Å². The highest BCUT2D eigenvalue weighted by Gasteiger charge is 2.02. The maximum absolute atomic E-state index is 6.01. The van der Waals surface area contributed by atoms with E-state index in [0.29, 0.717) is 10.0 Å². The first kappa shape index (κ1) is 12.0. The molecule has 0 unspecified atom stereocenters. The van der Waals surface area contributed by atoms with Gasteiger partial charge in [0.15, 0.2) is 0 Å². The van der Waals surface area contributed by atoms with Crippen LogP contribution in [0.25, 0.3) is 0 Å². The molecular formula is C10H13Cl2NS. The number of hydrogen-bond donors (Lipinski definition) is 1. The van der Waals surface area contributed by atoms with E-state index in [4.69, 9.17) is 23.2 Å². The Hall–Kier alpha value is -0.0500. The average Bonchev–Trinajstić information content (AvgIpc) is 2.19. The van der Waals surface area contributed by atoms with Crippen LogP contribution in [0.3, 0.4) is 0 Å². The topological polar surface area (TPSA) is 12.0 Å². The number of benzene rings is 1. The maximum atomic E-state index is 6.01. The molecule has 0 bridgehead atoms. The third-order valence-electron chi connectivity index (χ3n) is 1.79. The van der Waals surface area contributed by atoms with Gasteiger partial charge in [0.2, 0.25) is 0 Å². The molecule has 4 heteroatoms. The van der Waals surface area contributed by atoms with Gasteiger partial charge in [0.25, 0.3) is 0 Å². The molecule has 78 valence electrons. The number of rotatable bonds is 5. The van der Waals surface area contributed by atoms with Crippen molar-refractivity contribution in [2.24, 2.45) is 0 Å². The second-order valence-electron chi connectivity index (χ2n) is 2.87. The van der Waals surface area contributed by atoms with E-state index in [1.165, 1.54) is 0 Å². The Bertz CT molecular complexity index is 291. The van der Waals surface area contributed by atoms with Crippen LogP contribution in [0.2, 0.25) is 10.0 Å². The minimum absolute atomic E-state index is 0.599. The molecule has 0 amide bonds. The van der Waals surface area contributed by atoms with Crippen LogP contribution in [-0.4, -0.2) is 18.6 Å². The van der Waals surface area contributed by atoms with Crippen LogP contribution in [0.5, 0.6) is 0 Å². The molecule has 1 N–H and O–H groups in total. The monoisotopic (exact) mass is 249 g/mol. The molecule has 1 rings (SSSR count). The molecule has 0 aliphatic carbocycles. The van der Waals surface area contributed by atoms with E-state index in [1.54, 1.807) is 6.07 Å². The summed E-state index contributed by atoms with van der Waals surface area (Å²) in [4.78, 5) is 0. The van der Waals surface area contributed by atoms with Crippen LogP contribution in [0, 0.1) is 0 Å². The highest BCUT2D eigenvalue weighted by atomic mass is 35.5. The highest BCUT2D eigenvalue weighted by molar-refractivity contribution is 7.98. The van der Waals surface area contributed by atoms with Crippen LogP contribution in [0.1, 0.15) is 6.42 Å². The summed E-state index contributed by atoms with van der Waals surface area (Å²) in [5.41, 5.74) is 0.917. The molecule has 0 aromatic heterocycles. The number of hydrogen-bond acceptors (Lipinski definition) is 2. The van der Waals surface area contributed by atoms with Crippen LogP contribution >= 0.6 is 35.0 Å². The lowest BCUT2D eigenvalue weighted by Crippen LogP contribution is -2.02. The lowest BCUT2D eigenvalue weighted by atomic mass is 10.3. The number of nitrogens with one attached hydrogen (secondary N) is 1. The predicted octanol–water partition coefficient (Wildman–Crippen LogP) is 4.16. The van der Waals surface area contributed by atoms with Gasteiger partial charge in [-0.2, -0.15) is 11.8 Å². The SMILES string of the molecule is CSCCCNc1cccc(Cl)c1Cl. The Morgan fingerprint density at radius 3 is 2.86 bits per heavy atom. The molecule has 0 aliphatic rings. The van der Waals surface area contributed by atoms with E-state index < -0.39 is 0 Å². The van der Waals surface area contributed by atoms with Crippen LogP contribution in [0.4, 0.5) is 5.69 Å². The third kappa shape index (κ3) is 3.60. The second kappa shape index (κ2) is 6.44. The summed E-state index contributed by atoms with van der Waals surface area (Å²) in [7, 11) is 0. The molecular weight excluding hydrogens is 237 g/mol. The number of halogens is 2. The summed E-state index contributed by atoms with van der Waals surface area (Å²) in [5, 5.41) is 4.47. The Balaban J connectivity index is 2.46. The zero-order valence-electron chi connectivity index (χ0n) is 8.02. The van der Waals surface area contributed by atoms with Crippen molar-refractivity contribution in [1.82, 2.24) is 0 Å². The zero-order chi connectivity index (χ0) is 10.4. The highest BCUT2D eigenvalue weighted by Crippen LogP contribution is 2.29. The van der Waals surface area contributed by atoms with Crippen molar-refractivity contribution < 1.29 is 0 Å². The van der Waals surface area contributed by atoms with Crippen molar-refractivity contribution in [3.8, 4) is 0 Å². The Morgan fingerprint density at radius 1 is 1.36 bits per heavy atom. The van der Waals surface area contributed by atoms with Gasteiger partial charge in [-0.3, -0.25) is 0 Å². The Morgan fingerprint density at radius 2 is 2.14 bits per heavy atom. The number of anilines is 1. The Kier molecular flexibility index (Phi) is 5.53. The number of thioether (sulfide) groups is 1. The van der Waals surface area contributed by atoms with Gasteiger partial charge in [-0.25, -0.2) is 0 Å². The molecule has 0 aliphatic heterocycles. The second-order valence-corrected chi connectivity index (χ2v) is 4.65. The lowest BCUT2D eigenvalue weighted by Gasteiger charge is -2.08. The summed E-state index contributed by atoms with van der Waals surface area (Å²) in [6.45, 7) is 0.931. The fraction of sp³-hybridized carbons (Fsp3) is 0.400. The fourth-order valence-corrected chi connectivity index (χ4v) is 1.88. The van der Waals surface area contributed by atoms with E-state index in [2.05, 4.69) is 11.6 Å². The molecule has 0 heterocycles. The van der Waals surface area contributed by atoms with E-state index >= 15 is 0 Å². The lowest BCUT2D eigenvalue weighted by molar-refractivity contribution is 0.993. The van der Waals surface area contributed by atoms with Gasteiger partial charge in [0.1, 0.15) is 0 Å². The third-order valence-corrected chi connectivity index (χ3v) is 3.31. The largest absolute Gasteiger partial charge is 0.384 e. The molecule has 0 radical (unpaired) electrons. The molecule has 1 aromatic carbocycles. The molecule has 14 heavy (non-hydrogen) atoms. The maximum Gasteiger partial charge on any atom is 0.0823 e. The van der Waals surface area contributed by atoms with E-state index in [9.17, 15) is 0 Å². The van der Waals surface area contributed by atoms with Gasteiger partial charge in [-0.15, -0.1) is 0 Å². The molecule has 0 atom stereocenters. The van der Waals surface area contributed by atoms with Crippen molar-refractivity contribution in [2.45, 2.75) is 6.42 Å². The fourth-order valence-electron chi connectivity index (χ4n) is 1.08. The van der Waals surface area contributed by atoms with Gasteiger partial charge in [0.05, 0.1) is 15.7 Å². The summed E-state index contributed by atoms with van der Waals surface area (Å²) < 4.78 is 0. The zero-order valence-corrected chi connectivity index (χ0v) is 10.3. The first-order chi connectivity index (χ1) is 6.75. The summed E-state index contributed by atoms with van der Waals surface area (Å²) in [6.07, 6.45) is 3.23. The summed E-state index contributed by atoms with van der Waals surface area (Å²) in [6, 6.07) is 5.62. The smallest absolute Gasteiger partial charge is 0.0823 e. The first-order valence-electron chi connectivity index (χ1n) is 4.42. The van der Waals surface area contributed by atoms with E-state index in [1.807, 2.05) is 23.9 Å². The van der Waals surface area contributed by atoms with E-state index in [-0.39, 0.29) is 0 Å². The predicted molar refractivity (Wildman–Crippen MR) is 68.0 cm³/mol. The molecule has 0 spiro atoms. The van der Waals surface area contributed by atoms with Crippen molar-refractivity contribution in [3.63, 3.8) is 0 Å². The summed E-state index contributed by atoms with van der Waals surface area (Å²) in [5.74, 6) is 1.16. The van der Waals surface area contributed by atoms with Crippen molar-refractivity contribution in [3.05, 3.63) is 28.2 Å². The van der Waals surface area contributed by atoms with Gasteiger partial charge in [-0.05, 0) is 30.6 Å². The van der Waals surface area contributed by atoms with Crippen LogP contribution in [-0.2, 0) is 0 Å². The average molecular weight is 250 g/mol. The normalized spacial score (nSPS) is 10.2. The van der Waals surface area contributed by atoms with Gasteiger partial charge in [-0.1, -0.05) is 29.3 Å². The molecule has 0 fully saturated rings. The van der Waals surface area contributed by atoms with E-state index in [0.717, 1.165) is 24.4 Å². The minimum Gasteiger partial charge on any atom is -0.384 e. The standard InChI is InChI=1S/C10H13Cl2NS/c1-14-7-3-6-13-9-5-2-4-8(11)10(9)12/h2,4-5,13H,3,6-7H2,1H3. The quantitative estimate of drug-likeness (QED) is 0.787.